The van der Waals surface area contributed by atoms with Gasteiger partial charge in [-0.15, -0.1) is 0 Å². The second-order valence-electron chi connectivity index (χ2n) is 6.27. The molecule has 2 aromatic rings. The summed E-state index contributed by atoms with van der Waals surface area (Å²) in [5.41, 5.74) is 1.13. The van der Waals surface area contributed by atoms with E-state index in [9.17, 15) is 14.4 Å². The number of nitrogens with one attached hydrogen (secondary N) is 2. The van der Waals surface area contributed by atoms with Crippen molar-refractivity contribution in [1.82, 2.24) is 20.5 Å². The number of nitrogens with zero attached hydrogens (tertiary/aromatic N) is 2. The molecular formula is C20H22N4O5. The summed E-state index contributed by atoms with van der Waals surface area (Å²) in [5.74, 6) is -1.14. The van der Waals surface area contributed by atoms with Gasteiger partial charge in [-0.3, -0.25) is 19.4 Å². The van der Waals surface area contributed by atoms with E-state index in [2.05, 4.69) is 15.6 Å². The minimum absolute atomic E-state index is 0.0116. The lowest BCUT2D eigenvalue weighted by atomic mass is 10.2. The van der Waals surface area contributed by atoms with E-state index >= 15 is 0 Å². The summed E-state index contributed by atoms with van der Waals surface area (Å²) in [6.45, 7) is 0.915. The summed E-state index contributed by atoms with van der Waals surface area (Å²) in [4.78, 5) is 42.2. The van der Waals surface area contributed by atoms with E-state index in [0.717, 1.165) is 0 Å². The molecule has 9 nitrogen and oxygen atoms in total. The summed E-state index contributed by atoms with van der Waals surface area (Å²) in [6, 6.07) is 12.0. The largest absolute Gasteiger partial charge is 0.497 e. The molecule has 0 aliphatic carbocycles. The predicted molar refractivity (Wildman–Crippen MR) is 103 cm³/mol. The minimum Gasteiger partial charge on any atom is -0.497 e. The van der Waals surface area contributed by atoms with Gasteiger partial charge in [0.2, 0.25) is 0 Å². The maximum Gasteiger partial charge on any atom is 0.309 e. The van der Waals surface area contributed by atoms with Crippen molar-refractivity contribution in [1.29, 1.82) is 0 Å². The Hall–Kier alpha value is -3.46. The van der Waals surface area contributed by atoms with Gasteiger partial charge in [0.05, 0.1) is 32.5 Å². The summed E-state index contributed by atoms with van der Waals surface area (Å²) in [5, 5.41) is 5.00. The average molecular weight is 398 g/mol. The third kappa shape index (κ3) is 5.29. The Labute approximate surface area is 168 Å². The molecule has 3 rings (SSSR count). The zero-order valence-electron chi connectivity index (χ0n) is 16.0. The fourth-order valence-corrected chi connectivity index (χ4v) is 2.84. The van der Waals surface area contributed by atoms with Gasteiger partial charge in [-0.25, -0.2) is 0 Å². The Morgan fingerprint density at radius 2 is 1.90 bits per heavy atom. The predicted octanol–water partition coefficient (Wildman–Crippen LogP) is 0.321. The minimum atomic E-state index is -0.798. The van der Waals surface area contributed by atoms with Crippen LogP contribution < -0.4 is 15.4 Å². The molecule has 2 heterocycles. The van der Waals surface area contributed by atoms with Gasteiger partial charge in [-0.1, -0.05) is 6.07 Å². The first-order valence-corrected chi connectivity index (χ1v) is 9.11. The number of benzene rings is 1. The van der Waals surface area contributed by atoms with Crippen molar-refractivity contribution in [2.75, 3.05) is 26.8 Å². The van der Waals surface area contributed by atoms with Crippen LogP contribution in [0.3, 0.4) is 0 Å². The van der Waals surface area contributed by atoms with Crippen LogP contribution in [0, 0.1) is 0 Å². The molecule has 3 amide bonds. The number of aromatic nitrogens is 1. The molecule has 1 saturated heterocycles. The number of hydrogen-bond acceptors (Lipinski definition) is 6. The quantitative estimate of drug-likeness (QED) is 0.679. The van der Waals surface area contributed by atoms with Crippen LogP contribution in [-0.4, -0.2) is 60.6 Å². The molecule has 1 aliphatic heterocycles. The van der Waals surface area contributed by atoms with Gasteiger partial charge in [0.25, 0.3) is 5.91 Å². The topological polar surface area (TPSA) is 110 Å². The summed E-state index contributed by atoms with van der Waals surface area (Å²) in [6.07, 6.45) is 0.963. The van der Waals surface area contributed by atoms with E-state index in [4.69, 9.17) is 9.47 Å². The number of rotatable bonds is 6. The highest BCUT2D eigenvalue weighted by Gasteiger charge is 2.31. The maximum absolute atomic E-state index is 12.7. The Bertz CT molecular complexity index is 857. The number of ether oxygens (including phenoxy) is 2. The molecule has 0 spiro atoms. The monoisotopic (exact) mass is 398 g/mol. The third-order valence-corrected chi connectivity index (χ3v) is 4.39. The number of carbonyl (C=O) groups excluding carboxylic acids is 3. The van der Waals surface area contributed by atoms with Gasteiger partial charge < -0.3 is 25.0 Å². The van der Waals surface area contributed by atoms with Crippen LogP contribution in [-0.2, 0) is 20.9 Å². The van der Waals surface area contributed by atoms with Gasteiger partial charge in [-0.05, 0) is 36.4 Å². The average Bonchev–Trinajstić information content (AvgIpc) is 3.24. The van der Waals surface area contributed by atoms with Crippen LogP contribution in [0.4, 0.5) is 0 Å². The first-order valence-electron chi connectivity index (χ1n) is 9.11. The number of carbonyl (C=O) groups is 3. The van der Waals surface area contributed by atoms with Crippen LogP contribution in [0.2, 0.25) is 0 Å². The second kappa shape index (κ2) is 9.65. The van der Waals surface area contributed by atoms with E-state index in [0.29, 0.717) is 30.2 Å². The number of pyridine rings is 1. The summed E-state index contributed by atoms with van der Waals surface area (Å²) in [7, 11) is 1.55. The molecule has 152 valence electrons. The second-order valence-corrected chi connectivity index (χ2v) is 6.27. The van der Waals surface area contributed by atoms with Crippen molar-refractivity contribution in [3.8, 4) is 5.75 Å². The van der Waals surface area contributed by atoms with Gasteiger partial charge in [-0.2, -0.15) is 0 Å². The Morgan fingerprint density at radius 1 is 1.14 bits per heavy atom. The molecule has 29 heavy (non-hydrogen) atoms. The van der Waals surface area contributed by atoms with Crippen molar-refractivity contribution in [2.24, 2.45) is 0 Å². The fraction of sp³-hybridized carbons (Fsp3) is 0.300. The van der Waals surface area contributed by atoms with E-state index in [1.54, 1.807) is 55.8 Å². The van der Waals surface area contributed by atoms with Crippen molar-refractivity contribution in [3.05, 3.63) is 59.9 Å². The van der Waals surface area contributed by atoms with Gasteiger partial charge in [0.1, 0.15) is 12.0 Å². The van der Waals surface area contributed by atoms with Crippen LogP contribution in [0.15, 0.2) is 48.7 Å². The molecule has 9 heteroatoms. The lowest BCUT2D eigenvalue weighted by Gasteiger charge is -2.23. The molecule has 2 N–H and O–H groups in total. The highest BCUT2D eigenvalue weighted by Crippen LogP contribution is 2.17. The Kier molecular flexibility index (Phi) is 6.75. The molecule has 1 fully saturated rings. The SMILES string of the molecule is COc1ccc(C(=O)N2CCO[C@H]2CNC(=O)C(=O)NCc2ccccn2)cc1. The van der Waals surface area contributed by atoms with E-state index in [1.807, 2.05) is 0 Å². The fourth-order valence-electron chi connectivity index (χ4n) is 2.84. The summed E-state index contributed by atoms with van der Waals surface area (Å²) < 4.78 is 10.6. The van der Waals surface area contributed by atoms with Crippen LogP contribution in [0.1, 0.15) is 16.1 Å². The zero-order valence-corrected chi connectivity index (χ0v) is 16.0. The smallest absolute Gasteiger partial charge is 0.309 e. The molecule has 0 bridgehead atoms. The van der Waals surface area contributed by atoms with Crippen LogP contribution in [0.25, 0.3) is 0 Å². The molecule has 1 atom stereocenters. The van der Waals surface area contributed by atoms with Gasteiger partial charge in [0, 0.05) is 18.3 Å². The number of hydrogen-bond donors (Lipinski definition) is 2. The van der Waals surface area contributed by atoms with Crippen molar-refractivity contribution >= 4 is 17.7 Å². The highest BCUT2D eigenvalue weighted by atomic mass is 16.5. The normalized spacial score (nSPS) is 15.6. The van der Waals surface area contributed by atoms with Gasteiger partial charge >= 0.3 is 11.8 Å². The Balaban J connectivity index is 1.50. The maximum atomic E-state index is 12.7. The molecule has 1 aromatic heterocycles. The summed E-state index contributed by atoms with van der Waals surface area (Å²) >= 11 is 0. The third-order valence-electron chi connectivity index (χ3n) is 4.39. The van der Waals surface area contributed by atoms with Crippen LogP contribution in [0.5, 0.6) is 5.75 Å². The first-order chi connectivity index (χ1) is 14.1. The first kappa shape index (κ1) is 20.3. The molecule has 1 aliphatic rings. The lowest BCUT2D eigenvalue weighted by Crippen LogP contribution is -2.47. The van der Waals surface area contributed by atoms with Crippen molar-refractivity contribution < 1.29 is 23.9 Å². The standard InChI is InChI=1S/C20H22N4O5/c1-28-16-7-5-14(6-8-16)20(27)24-10-11-29-17(24)13-23-19(26)18(25)22-12-15-4-2-3-9-21-15/h2-9,17H,10-13H2,1H3,(H,22,25)(H,23,26)/t17-/m0/s1. The van der Waals surface area contributed by atoms with Gasteiger partial charge in [0.15, 0.2) is 0 Å². The van der Waals surface area contributed by atoms with Crippen molar-refractivity contribution in [2.45, 2.75) is 12.8 Å². The van der Waals surface area contributed by atoms with E-state index in [-0.39, 0.29) is 19.0 Å². The molecule has 0 unspecified atom stereocenters. The number of methoxy groups -OCH3 is 1. The molecular weight excluding hydrogens is 376 g/mol. The Morgan fingerprint density at radius 3 is 2.59 bits per heavy atom. The molecule has 0 radical (unpaired) electrons. The molecule has 0 saturated carbocycles. The van der Waals surface area contributed by atoms with Crippen molar-refractivity contribution in [3.63, 3.8) is 0 Å². The number of amides is 3. The highest BCUT2D eigenvalue weighted by molar-refractivity contribution is 6.35. The zero-order chi connectivity index (χ0) is 20.6. The lowest BCUT2D eigenvalue weighted by molar-refractivity contribution is -0.139. The van der Waals surface area contributed by atoms with E-state index < -0.39 is 18.0 Å². The molecule has 1 aromatic carbocycles. The van der Waals surface area contributed by atoms with E-state index in [1.165, 1.54) is 4.90 Å². The van der Waals surface area contributed by atoms with Crippen LogP contribution >= 0.6 is 0 Å².